The van der Waals surface area contributed by atoms with Gasteiger partial charge in [0.2, 0.25) is 5.91 Å². The predicted molar refractivity (Wildman–Crippen MR) is 122 cm³/mol. The second-order valence-corrected chi connectivity index (χ2v) is 9.06. The van der Waals surface area contributed by atoms with Crippen LogP contribution < -0.4 is 15.0 Å². The van der Waals surface area contributed by atoms with Crippen LogP contribution in [0, 0.1) is 11.6 Å². The summed E-state index contributed by atoms with van der Waals surface area (Å²) in [5.74, 6) is 0.316. The van der Waals surface area contributed by atoms with E-state index in [1.54, 1.807) is 11.8 Å². The molecular weight excluding hydrogens is 444 g/mol. The van der Waals surface area contributed by atoms with Gasteiger partial charge in [0.05, 0.1) is 30.6 Å². The molecule has 4 heterocycles. The molecule has 3 aliphatic rings. The summed E-state index contributed by atoms with van der Waals surface area (Å²) < 4.78 is 38.5. The van der Waals surface area contributed by atoms with Gasteiger partial charge < -0.3 is 24.6 Å². The minimum atomic E-state index is -0.687. The van der Waals surface area contributed by atoms with E-state index in [0.717, 1.165) is 29.7 Å². The normalized spacial score (nSPS) is 20.9. The van der Waals surface area contributed by atoms with Gasteiger partial charge in [0.1, 0.15) is 11.9 Å². The van der Waals surface area contributed by atoms with Crippen LogP contribution in [0.15, 0.2) is 18.2 Å². The quantitative estimate of drug-likeness (QED) is 0.715. The van der Waals surface area contributed by atoms with E-state index in [-0.39, 0.29) is 23.8 Å². The summed E-state index contributed by atoms with van der Waals surface area (Å²) in [5.41, 5.74) is 1.75. The molecule has 1 N–H and O–H groups in total. The molecule has 1 aromatic carbocycles. The third-order valence-electron chi connectivity index (χ3n) is 6.64. The summed E-state index contributed by atoms with van der Waals surface area (Å²) in [7, 11) is 0. The van der Waals surface area contributed by atoms with Gasteiger partial charge in [-0.1, -0.05) is 0 Å². The topological polar surface area (TPSA) is 79.8 Å². The van der Waals surface area contributed by atoms with Crippen LogP contribution in [-0.2, 0) is 22.5 Å². The van der Waals surface area contributed by atoms with E-state index in [1.807, 2.05) is 0 Å². The predicted octanol–water partition coefficient (Wildman–Crippen LogP) is 2.91. The average Bonchev–Trinajstić information content (AvgIpc) is 3.34. The van der Waals surface area contributed by atoms with Gasteiger partial charge in [0.25, 0.3) is 0 Å². The molecule has 10 heteroatoms. The van der Waals surface area contributed by atoms with E-state index in [1.165, 1.54) is 12.1 Å². The van der Waals surface area contributed by atoms with Crippen molar-refractivity contribution in [2.24, 2.45) is 0 Å². The standard InChI is InChI=1S/C24H29F2N5O3/c1-15(32)31-10-6-20-21(13-31)28-23(27-17-7-11-33-14-17)24(29-20)30-8-4-18(5-9-30)34-22-3-2-16(25)12-19(22)26/h2-3,12,17-18H,4-11,13-14H2,1H3,(H,27,28). The van der Waals surface area contributed by atoms with Crippen molar-refractivity contribution in [3.8, 4) is 5.75 Å². The van der Waals surface area contributed by atoms with E-state index >= 15 is 0 Å². The lowest BCUT2D eigenvalue weighted by molar-refractivity contribution is -0.129. The Morgan fingerprint density at radius 2 is 1.97 bits per heavy atom. The van der Waals surface area contributed by atoms with Gasteiger partial charge in [-0.3, -0.25) is 4.79 Å². The van der Waals surface area contributed by atoms with Gasteiger partial charge in [-0.15, -0.1) is 0 Å². The number of carbonyl (C=O) groups excluding carboxylic acids is 1. The minimum absolute atomic E-state index is 0.0369. The van der Waals surface area contributed by atoms with Gasteiger partial charge in [0, 0.05) is 58.5 Å². The Morgan fingerprint density at radius 3 is 2.68 bits per heavy atom. The van der Waals surface area contributed by atoms with Crippen molar-refractivity contribution in [2.75, 3.05) is 43.1 Å². The van der Waals surface area contributed by atoms with E-state index in [0.29, 0.717) is 64.5 Å². The second-order valence-electron chi connectivity index (χ2n) is 9.06. The Balaban J connectivity index is 1.32. The number of nitrogens with zero attached hydrogens (tertiary/aromatic N) is 4. The molecule has 182 valence electrons. The highest BCUT2D eigenvalue weighted by molar-refractivity contribution is 5.73. The molecule has 0 saturated carbocycles. The Hall–Kier alpha value is -3.01. The molecule has 2 aromatic rings. The first kappa shape index (κ1) is 22.8. The summed E-state index contributed by atoms with van der Waals surface area (Å²) in [4.78, 5) is 25.7. The van der Waals surface area contributed by atoms with Crippen LogP contribution in [-0.4, -0.2) is 65.8 Å². The van der Waals surface area contributed by atoms with Crippen LogP contribution >= 0.6 is 0 Å². The molecule has 0 bridgehead atoms. The fourth-order valence-electron chi connectivity index (χ4n) is 4.69. The van der Waals surface area contributed by atoms with Crippen LogP contribution in [0.4, 0.5) is 20.4 Å². The van der Waals surface area contributed by atoms with Crippen molar-refractivity contribution in [3.63, 3.8) is 0 Å². The summed E-state index contributed by atoms with van der Waals surface area (Å²) in [5, 5.41) is 3.50. The Bertz CT molecular complexity index is 1060. The Kier molecular flexibility index (Phi) is 6.49. The number of halogens is 2. The molecule has 3 aliphatic heterocycles. The van der Waals surface area contributed by atoms with Crippen molar-refractivity contribution in [1.82, 2.24) is 14.9 Å². The summed E-state index contributed by atoms with van der Waals surface area (Å²) in [6.45, 7) is 5.37. The van der Waals surface area contributed by atoms with Crippen molar-refractivity contribution in [2.45, 2.75) is 51.3 Å². The van der Waals surface area contributed by atoms with Gasteiger partial charge in [-0.2, -0.15) is 0 Å². The molecule has 0 aliphatic carbocycles. The van der Waals surface area contributed by atoms with Crippen LogP contribution in [0.5, 0.6) is 5.75 Å². The van der Waals surface area contributed by atoms with Crippen LogP contribution in [0.3, 0.4) is 0 Å². The molecule has 0 spiro atoms. The molecule has 34 heavy (non-hydrogen) atoms. The van der Waals surface area contributed by atoms with E-state index < -0.39 is 11.6 Å². The monoisotopic (exact) mass is 473 g/mol. The minimum Gasteiger partial charge on any atom is -0.487 e. The lowest BCUT2D eigenvalue weighted by Crippen LogP contribution is -2.40. The number of hydrogen-bond acceptors (Lipinski definition) is 7. The highest BCUT2D eigenvalue weighted by atomic mass is 19.1. The number of fused-ring (bicyclic) bond motifs is 1. The van der Waals surface area contributed by atoms with E-state index in [2.05, 4.69) is 10.2 Å². The fourth-order valence-corrected chi connectivity index (χ4v) is 4.69. The number of aromatic nitrogens is 2. The molecule has 1 unspecified atom stereocenters. The summed E-state index contributed by atoms with van der Waals surface area (Å²) in [6, 6.07) is 3.54. The molecule has 1 aromatic heterocycles. The number of nitrogens with one attached hydrogen (secondary N) is 1. The van der Waals surface area contributed by atoms with E-state index in [4.69, 9.17) is 19.4 Å². The second kappa shape index (κ2) is 9.69. The zero-order chi connectivity index (χ0) is 23.7. The first-order valence-corrected chi connectivity index (χ1v) is 11.8. The highest BCUT2D eigenvalue weighted by Crippen LogP contribution is 2.31. The van der Waals surface area contributed by atoms with Crippen molar-refractivity contribution in [3.05, 3.63) is 41.2 Å². The lowest BCUT2D eigenvalue weighted by Gasteiger charge is -2.35. The highest BCUT2D eigenvalue weighted by Gasteiger charge is 2.29. The molecule has 5 rings (SSSR count). The maximum Gasteiger partial charge on any atom is 0.219 e. The van der Waals surface area contributed by atoms with Crippen LogP contribution in [0.1, 0.15) is 37.6 Å². The third kappa shape index (κ3) is 4.91. The Labute approximate surface area is 197 Å². The SMILES string of the molecule is CC(=O)N1CCc2nc(N3CCC(Oc4ccc(F)cc4F)CC3)c(NC3CCOC3)nc2C1. The third-order valence-corrected chi connectivity index (χ3v) is 6.64. The first-order valence-electron chi connectivity index (χ1n) is 11.8. The summed E-state index contributed by atoms with van der Waals surface area (Å²) >= 11 is 0. The van der Waals surface area contributed by atoms with Gasteiger partial charge in [-0.25, -0.2) is 18.7 Å². The van der Waals surface area contributed by atoms with Crippen molar-refractivity contribution >= 4 is 17.5 Å². The number of anilines is 2. The number of ether oxygens (including phenoxy) is 2. The maximum absolute atomic E-state index is 14.0. The number of rotatable bonds is 5. The van der Waals surface area contributed by atoms with Crippen LogP contribution in [0.25, 0.3) is 0 Å². The smallest absolute Gasteiger partial charge is 0.219 e. The maximum atomic E-state index is 14.0. The number of hydrogen-bond donors (Lipinski definition) is 1. The zero-order valence-corrected chi connectivity index (χ0v) is 19.2. The molecular formula is C24H29F2N5O3. The van der Waals surface area contributed by atoms with Gasteiger partial charge in [-0.05, 0) is 18.6 Å². The van der Waals surface area contributed by atoms with Gasteiger partial charge >= 0.3 is 0 Å². The van der Waals surface area contributed by atoms with E-state index in [9.17, 15) is 13.6 Å². The lowest BCUT2D eigenvalue weighted by atomic mass is 10.1. The number of benzene rings is 1. The average molecular weight is 474 g/mol. The molecule has 1 atom stereocenters. The molecule has 2 fully saturated rings. The van der Waals surface area contributed by atoms with Crippen molar-refractivity contribution < 1.29 is 23.0 Å². The largest absolute Gasteiger partial charge is 0.487 e. The molecule has 2 saturated heterocycles. The van der Waals surface area contributed by atoms with Gasteiger partial charge in [0.15, 0.2) is 23.2 Å². The Morgan fingerprint density at radius 1 is 1.15 bits per heavy atom. The number of piperidine rings is 1. The van der Waals surface area contributed by atoms with Crippen molar-refractivity contribution in [1.29, 1.82) is 0 Å². The zero-order valence-electron chi connectivity index (χ0n) is 19.2. The molecule has 1 amide bonds. The molecule has 0 radical (unpaired) electrons. The number of amides is 1. The van der Waals surface area contributed by atoms with Crippen LogP contribution in [0.2, 0.25) is 0 Å². The molecule has 8 nitrogen and oxygen atoms in total. The number of carbonyl (C=O) groups is 1. The fraction of sp³-hybridized carbons (Fsp3) is 0.542. The first-order chi connectivity index (χ1) is 16.5. The summed E-state index contributed by atoms with van der Waals surface area (Å²) in [6.07, 6.45) is 2.77.